The zero-order valence-corrected chi connectivity index (χ0v) is 13.9. The summed E-state index contributed by atoms with van der Waals surface area (Å²) < 4.78 is 40.7. The van der Waals surface area contributed by atoms with E-state index in [9.17, 15) is 12.8 Å². The van der Waals surface area contributed by atoms with Crippen molar-refractivity contribution in [2.45, 2.75) is 23.6 Å². The summed E-state index contributed by atoms with van der Waals surface area (Å²) in [6.07, 6.45) is 0.506. The van der Waals surface area contributed by atoms with Crippen molar-refractivity contribution in [3.63, 3.8) is 0 Å². The molecular formula is C13H13BrFNO2S2. The Morgan fingerprint density at radius 3 is 2.45 bits per heavy atom. The molecule has 0 aliphatic rings. The Labute approximate surface area is 130 Å². The van der Waals surface area contributed by atoms with Crippen LogP contribution in [0.3, 0.4) is 0 Å². The molecule has 2 rings (SSSR count). The van der Waals surface area contributed by atoms with Gasteiger partial charge in [0.2, 0.25) is 10.0 Å². The Morgan fingerprint density at radius 2 is 1.90 bits per heavy atom. The fourth-order valence-electron chi connectivity index (χ4n) is 1.78. The highest BCUT2D eigenvalue weighted by Crippen LogP contribution is 2.26. The first kappa shape index (κ1) is 15.6. The molecule has 3 nitrogen and oxygen atoms in total. The van der Waals surface area contributed by atoms with E-state index in [4.69, 9.17) is 0 Å². The number of sulfonamides is 1. The van der Waals surface area contributed by atoms with Gasteiger partial charge >= 0.3 is 0 Å². The van der Waals surface area contributed by atoms with Crippen LogP contribution < -0.4 is 4.72 Å². The lowest BCUT2D eigenvalue weighted by molar-refractivity contribution is 0.561. The van der Waals surface area contributed by atoms with Crippen LogP contribution in [0.2, 0.25) is 0 Å². The molecule has 0 fully saturated rings. The van der Waals surface area contributed by atoms with Gasteiger partial charge in [-0.3, -0.25) is 0 Å². The van der Waals surface area contributed by atoms with Gasteiger partial charge in [-0.25, -0.2) is 17.5 Å². The first-order valence-electron chi connectivity index (χ1n) is 5.89. The largest absolute Gasteiger partial charge is 0.250 e. The SMILES string of the molecule is CC(Cc1ccc(F)cc1)NS(=O)(=O)c1ccc(Br)s1. The third-order valence-electron chi connectivity index (χ3n) is 2.62. The third-order valence-corrected chi connectivity index (χ3v) is 6.33. The van der Waals surface area contributed by atoms with Crippen molar-refractivity contribution in [3.8, 4) is 0 Å². The van der Waals surface area contributed by atoms with E-state index in [1.165, 1.54) is 12.1 Å². The standard InChI is InChI=1S/C13H13BrFNO2S2/c1-9(8-10-2-4-11(15)5-3-10)16-20(17,18)13-7-6-12(14)19-13/h2-7,9,16H,8H2,1H3. The molecule has 1 atom stereocenters. The van der Waals surface area contributed by atoms with Crippen LogP contribution in [-0.4, -0.2) is 14.5 Å². The fraction of sp³-hybridized carbons (Fsp3) is 0.231. The lowest BCUT2D eigenvalue weighted by Crippen LogP contribution is -2.33. The fourth-order valence-corrected chi connectivity index (χ4v) is 5.05. The van der Waals surface area contributed by atoms with Crippen LogP contribution in [0, 0.1) is 5.82 Å². The number of benzene rings is 1. The first-order chi connectivity index (χ1) is 9.37. The third kappa shape index (κ3) is 4.12. The molecule has 0 aliphatic carbocycles. The number of hydrogen-bond donors (Lipinski definition) is 1. The van der Waals surface area contributed by atoms with Crippen LogP contribution in [0.15, 0.2) is 44.4 Å². The van der Waals surface area contributed by atoms with Gasteiger partial charge < -0.3 is 0 Å². The van der Waals surface area contributed by atoms with E-state index in [2.05, 4.69) is 20.7 Å². The molecule has 0 radical (unpaired) electrons. The van der Waals surface area contributed by atoms with Crippen LogP contribution in [-0.2, 0) is 16.4 Å². The summed E-state index contributed by atoms with van der Waals surface area (Å²) >= 11 is 4.40. The molecule has 20 heavy (non-hydrogen) atoms. The van der Waals surface area contributed by atoms with Gasteiger partial charge in [0.1, 0.15) is 10.0 Å². The maximum Gasteiger partial charge on any atom is 0.250 e. The number of rotatable bonds is 5. The van der Waals surface area contributed by atoms with Gasteiger partial charge in [-0.1, -0.05) is 12.1 Å². The van der Waals surface area contributed by atoms with E-state index >= 15 is 0 Å². The molecule has 0 spiro atoms. The van der Waals surface area contributed by atoms with Crippen molar-refractivity contribution in [2.24, 2.45) is 0 Å². The zero-order chi connectivity index (χ0) is 14.8. The Morgan fingerprint density at radius 1 is 1.25 bits per heavy atom. The summed E-state index contributed by atoms with van der Waals surface area (Å²) in [6, 6.07) is 9.03. The summed E-state index contributed by atoms with van der Waals surface area (Å²) in [4.78, 5) is 0. The molecule has 0 aliphatic heterocycles. The van der Waals surface area contributed by atoms with Crippen molar-refractivity contribution in [2.75, 3.05) is 0 Å². The molecule has 1 N–H and O–H groups in total. The van der Waals surface area contributed by atoms with Gasteiger partial charge in [0.05, 0.1) is 3.79 Å². The summed E-state index contributed by atoms with van der Waals surface area (Å²) in [6.45, 7) is 1.78. The van der Waals surface area contributed by atoms with Crippen molar-refractivity contribution >= 4 is 37.3 Å². The average molecular weight is 378 g/mol. The monoisotopic (exact) mass is 377 g/mol. The maximum atomic E-state index is 12.8. The molecule has 108 valence electrons. The van der Waals surface area contributed by atoms with Crippen LogP contribution in [0.25, 0.3) is 0 Å². The van der Waals surface area contributed by atoms with Crippen molar-refractivity contribution < 1.29 is 12.8 Å². The van der Waals surface area contributed by atoms with E-state index < -0.39 is 10.0 Å². The molecule has 1 aromatic carbocycles. The number of nitrogens with one attached hydrogen (secondary N) is 1. The zero-order valence-electron chi connectivity index (χ0n) is 10.6. The van der Waals surface area contributed by atoms with Gasteiger partial charge in [-0.15, -0.1) is 11.3 Å². The molecule has 1 unspecified atom stereocenters. The maximum absolute atomic E-state index is 12.8. The number of halogens is 2. The Bertz CT molecular complexity index is 683. The normalized spacial score (nSPS) is 13.3. The molecule has 0 saturated carbocycles. The van der Waals surface area contributed by atoms with E-state index in [1.54, 1.807) is 31.2 Å². The van der Waals surface area contributed by atoms with Crippen LogP contribution in [0.1, 0.15) is 12.5 Å². The lowest BCUT2D eigenvalue weighted by atomic mass is 10.1. The van der Waals surface area contributed by atoms with Gasteiger partial charge in [-0.05, 0) is 59.1 Å². The second-order valence-corrected chi connectivity index (χ2v) is 8.82. The quantitative estimate of drug-likeness (QED) is 0.865. The minimum atomic E-state index is -3.50. The number of hydrogen-bond acceptors (Lipinski definition) is 3. The Kier molecular flexibility index (Phi) is 4.95. The molecule has 2 aromatic rings. The van der Waals surface area contributed by atoms with E-state index in [0.29, 0.717) is 6.42 Å². The molecule has 0 bridgehead atoms. The van der Waals surface area contributed by atoms with Gasteiger partial charge in [0.25, 0.3) is 0 Å². The van der Waals surface area contributed by atoms with Crippen molar-refractivity contribution in [1.29, 1.82) is 0 Å². The Balaban J connectivity index is 2.04. The van der Waals surface area contributed by atoms with E-state index in [0.717, 1.165) is 20.7 Å². The van der Waals surface area contributed by atoms with Crippen LogP contribution in [0.4, 0.5) is 4.39 Å². The molecule has 7 heteroatoms. The lowest BCUT2D eigenvalue weighted by Gasteiger charge is -2.13. The second kappa shape index (κ2) is 6.34. The molecule has 1 heterocycles. The molecule has 1 aromatic heterocycles. The summed E-state index contributed by atoms with van der Waals surface area (Å²) in [5, 5.41) is 0. The van der Waals surface area contributed by atoms with Crippen molar-refractivity contribution in [3.05, 3.63) is 51.6 Å². The highest BCUT2D eigenvalue weighted by Gasteiger charge is 2.19. The summed E-state index contributed by atoms with van der Waals surface area (Å²) in [5.74, 6) is -0.301. The van der Waals surface area contributed by atoms with Gasteiger partial charge in [-0.2, -0.15) is 0 Å². The Hall–Kier alpha value is -0.760. The average Bonchev–Trinajstić information content (AvgIpc) is 2.79. The predicted molar refractivity (Wildman–Crippen MR) is 81.9 cm³/mol. The minimum Gasteiger partial charge on any atom is -0.207 e. The highest BCUT2D eigenvalue weighted by atomic mass is 79.9. The first-order valence-corrected chi connectivity index (χ1v) is 8.98. The summed E-state index contributed by atoms with van der Waals surface area (Å²) in [7, 11) is -3.50. The van der Waals surface area contributed by atoms with E-state index in [1.807, 2.05) is 0 Å². The van der Waals surface area contributed by atoms with Crippen LogP contribution >= 0.6 is 27.3 Å². The summed E-state index contributed by atoms with van der Waals surface area (Å²) in [5.41, 5.74) is 0.883. The molecule has 0 saturated heterocycles. The highest BCUT2D eigenvalue weighted by molar-refractivity contribution is 9.11. The predicted octanol–water partition coefficient (Wildman–Crippen LogP) is 3.56. The molecular weight excluding hydrogens is 365 g/mol. The van der Waals surface area contributed by atoms with Crippen molar-refractivity contribution in [1.82, 2.24) is 4.72 Å². The minimum absolute atomic E-state index is 0.272. The van der Waals surface area contributed by atoms with Gasteiger partial charge in [0, 0.05) is 6.04 Å². The second-order valence-electron chi connectivity index (χ2n) is 4.41. The van der Waals surface area contributed by atoms with Crippen LogP contribution in [0.5, 0.6) is 0 Å². The topological polar surface area (TPSA) is 46.2 Å². The molecule has 0 amide bonds. The number of thiophene rings is 1. The smallest absolute Gasteiger partial charge is 0.207 e. The van der Waals surface area contributed by atoms with E-state index in [-0.39, 0.29) is 16.1 Å². The van der Waals surface area contributed by atoms with Gasteiger partial charge in [0.15, 0.2) is 0 Å².